The summed E-state index contributed by atoms with van der Waals surface area (Å²) in [5.41, 5.74) is 3.32. The van der Waals surface area contributed by atoms with E-state index in [1.54, 1.807) is 6.92 Å². The highest BCUT2D eigenvalue weighted by Crippen LogP contribution is 2.31. The van der Waals surface area contributed by atoms with Gasteiger partial charge in [-0.25, -0.2) is 0 Å². The van der Waals surface area contributed by atoms with Crippen molar-refractivity contribution in [1.82, 2.24) is 24.6 Å². The highest BCUT2D eigenvalue weighted by Gasteiger charge is 2.27. The van der Waals surface area contributed by atoms with Gasteiger partial charge in [0.25, 0.3) is 0 Å². The Morgan fingerprint density at radius 3 is 2.28 bits per heavy atom. The number of hydrogen-bond acceptors (Lipinski definition) is 6. The number of nitrogens with zero attached hydrogens (tertiary/aromatic N) is 4. The van der Waals surface area contributed by atoms with Crippen molar-refractivity contribution in [3.05, 3.63) is 57.6 Å². The number of rotatable bonds is 8. The number of aromatic amines is 1. The summed E-state index contributed by atoms with van der Waals surface area (Å²) in [6.45, 7) is 9.01. The first-order chi connectivity index (χ1) is 15.0. The van der Waals surface area contributed by atoms with Crippen LogP contribution in [0.5, 0.6) is 0 Å². The molecular formula is C23H28ClN5O2S. The zero-order valence-electron chi connectivity index (χ0n) is 19.4. The molecule has 1 N–H and O–H groups in total. The highest BCUT2D eigenvalue weighted by atomic mass is 35.5. The summed E-state index contributed by atoms with van der Waals surface area (Å²) in [6.07, 6.45) is 0. The van der Waals surface area contributed by atoms with Gasteiger partial charge in [0.2, 0.25) is 0 Å². The summed E-state index contributed by atoms with van der Waals surface area (Å²) >= 11 is 7.42. The Labute approximate surface area is 197 Å². The minimum Gasteiger partial charge on any atom is -0.355 e. The molecule has 0 spiro atoms. The van der Waals surface area contributed by atoms with Crippen LogP contribution in [0.2, 0.25) is 5.02 Å². The molecule has 170 valence electrons. The van der Waals surface area contributed by atoms with Crippen molar-refractivity contribution in [2.75, 3.05) is 14.1 Å². The number of nitrogens with one attached hydrogen (secondary N) is 1. The molecule has 0 saturated heterocycles. The zero-order valence-corrected chi connectivity index (χ0v) is 20.9. The SMILES string of the molecule is CC(=O)c1c(C)[nH]c(C(=O)[C@@H](C)Sc2nnc([C@H](C)N(C)C)n2-c2ccc(Cl)cc2)c1C. The first kappa shape index (κ1) is 24.2. The second kappa shape index (κ2) is 9.60. The maximum absolute atomic E-state index is 13.3. The van der Waals surface area contributed by atoms with Gasteiger partial charge < -0.3 is 4.98 Å². The smallest absolute Gasteiger partial charge is 0.196 e. The lowest BCUT2D eigenvalue weighted by atomic mass is 10.0. The quantitative estimate of drug-likeness (QED) is 0.364. The number of H-pyrrole nitrogens is 1. The van der Waals surface area contributed by atoms with E-state index in [2.05, 4.69) is 15.2 Å². The van der Waals surface area contributed by atoms with Gasteiger partial charge in [-0.15, -0.1) is 10.2 Å². The van der Waals surface area contributed by atoms with Gasteiger partial charge in [-0.1, -0.05) is 23.4 Å². The van der Waals surface area contributed by atoms with E-state index in [9.17, 15) is 9.59 Å². The molecule has 2 atom stereocenters. The van der Waals surface area contributed by atoms with Crippen molar-refractivity contribution in [2.24, 2.45) is 0 Å². The van der Waals surface area contributed by atoms with Crippen LogP contribution in [0.1, 0.15) is 64.7 Å². The Morgan fingerprint density at radius 2 is 1.75 bits per heavy atom. The van der Waals surface area contributed by atoms with Crippen molar-refractivity contribution in [3.63, 3.8) is 0 Å². The first-order valence-electron chi connectivity index (χ1n) is 10.3. The fraction of sp³-hybridized carbons (Fsp3) is 0.391. The van der Waals surface area contributed by atoms with Gasteiger partial charge in [-0.05, 0) is 78.5 Å². The van der Waals surface area contributed by atoms with Crippen molar-refractivity contribution in [3.8, 4) is 5.69 Å². The molecule has 0 fully saturated rings. The van der Waals surface area contributed by atoms with Gasteiger partial charge in [0.1, 0.15) is 0 Å². The van der Waals surface area contributed by atoms with Gasteiger partial charge in [0.05, 0.1) is 17.0 Å². The van der Waals surface area contributed by atoms with Gasteiger partial charge in [-0.3, -0.25) is 19.1 Å². The molecule has 0 amide bonds. The molecule has 2 aromatic heterocycles. The minimum absolute atomic E-state index is 0.00459. The van der Waals surface area contributed by atoms with Crippen molar-refractivity contribution in [2.45, 2.75) is 51.1 Å². The average molecular weight is 474 g/mol. The summed E-state index contributed by atoms with van der Waals surface area (Å²) in [4.78, 5) is 30.4. The Balaban J connectivity index is 1.98. The molecule has 9 heteroatoms. The largest absolute Gasteiger partial charge is 0.355 e. The number of ketones is 2. The minimum atomic E-state index is -0.440. The maximum atomic E-state index is 13.3. The van der Waals surface area contributed by atoms with E-state index < -0.39 is 5.25 Å². The second-order valence-electron chi connectivity index (χ2n) is 8.10. The molecule has 2 heterocycles. The van der Waals surface area contributed by atoms with E-state index >= 15 is 0 Å². The molecule has 0 saturated carbocycles. The fourth-order valence-corrected chi connectivity index (χ4v) is 4.69. The third kappa shape index (κ3) is 4.67. The normalized spacial score (nSPS) is 13.4. The fourth-order valence-electron chi connectivity index (χ4n) is 3.63. The molecule has 0 bridgehead atoms. The van der Waals surface area contributed by atoms with Crippen LogP contribution >= 0.6 is 23.4 Å². The first-order valence-corrected chi connectivity index (χ1v) is 11.6. The van der Waals surface area contributed by atoms with Gasteiger partial charge >= 0.3 is 0 Å². The number of carbonyl (C=O) groups is 2. The Hall–Kier alpha value is -2.42. The lowest BCUT2D eigenvalue weighted by Crippen LogP contribution is -2.21. The number of aryl methyl sites for hydroxylation is 1. The summed E-state index contributed by atoms with van der Waals surface area (Å²) < 4.78 is 1.96. The third-order valence-corrected chi connectivity index (χ3v) is 6.87. The number of Topliss-reactive ketones (excluding diaryl/α,β-unsaturated/α-hetero) is 2. The number of aromatic nitrogens is 4. The topological polar surface area (TPSA) is 83.9 Å². The van der Waals surface area contributed by atoms with Crippen LogP contribution < -0.4 is 0 Å². The van der Waals surface area contributed by atoms with E-state index in [0.717, 1.165) is 11.5 Å². The molecule has 3 rings (SSSR count). The standard InChI is InChI=1S/C23H28ClN5O2S/c1-12-19(15(4)30)13(2)25-20(12)21(31)16(5)32-23-27-26-22(14(3)28(6)7)29(23)18-10-8-17(24)9-11-18/h8-11,14,16,25H,1-7H3/t14-,16+/m0/s1. The zero-order chi connectivity index (χ0) is 23.7. The van der Waals surface area contributed by atoms with Crippen molar-refractivity contribution in [1.29, 1.82) is 0 Å². The Bertz CT molecular complexity index is 1150. The number of thioether (sulfide) groups is 1. The van der Waals surface area contributed by atoms with Gasteiger partial charge in [0.15, 0.2) is 22.5 Å². The molecule has 3 aromatic rings. The molecule has 0 unspecified atom stereocenters. The summed E-state index contributed by atoms with van der Waals surface area (Å²) in [5, 5.41) is 9.66. The highest BCUT2D eigenvalue weighted by molar-refractivity contribution is 8.00. The summed E-state index contributed by atoms with van der Waals surface area (Å²) in [6, 6.07) is 7.46. The summed E-state index contributed by atoms with van der Waals surface area (Å²) in [7, 11) is 3.96. The molecule has 32 heavy (non-hydrogen) atoms. The maximum Gasteiger partial charge on any atom is 0.196 e. The number of carbonyl (C=O) groups excluding carboxylic acids is 2. The lowest BCUT2D eigenvalue weighted by molar-refractivity contribution is 0.0988. The van der Waals surface area contributed by atoms with E-state index in [1.807, 2.05) is 68.6 Å². The Morgan fingerprint density at radius 1 is 1.12 bits per heavy atom. The van der Waals surface area contributed by atoms with E-state index in [1.165, 1.54) is 18.7 Å². The van der Waals surface area contributed by atoms with Crippen LogP contribution in [0.3, 0.4) is 0 Å². The lowest BCUT2D eigenvalue weighted by Gasteiger charge is -2.21. The average Bonchev–Trinajstić information content (AvgIpc) is 3.27. The molecular weight excluding hydrogens is 446 g/mol. The molecule has 7 nitrogen and oxygen atoms in total. The van der Waals surface area contributed by atoms with Crippen LogP contribution in [-0.2, 0) is 0 Å². The van der Waals surface area contributed by atoms with Crippen LogP contribution in [0.4, 0.5) is 0 Å². The monoisotopic (exact) mass is 473 g/mol. The summed E-state index contributed by atoms with van der Waals surface area (Å²) in [5.74, 6) is 0.626. The van der Waals surface area contributed by atoms with Crippen LogP contribution in [0.25, 0.3) is 5.69 Å². The van der Waals surface area contributed by atoms with Crippen molar-refractivity contribution >= 4 is 34.9 Å². The molecule has 0 aliphatic rings. The van der Waals surface area contributed by atoms with Crippen molar-refractivity contribution < 1.29 is 9.59 Å². The number of halogens is 1. The predicted octanol–water partition coefficient (Wildman–Crippen LogP) is 5.05. The Kier molecular flexibility index (Phi) is 7.27. The molecule has 0 aliphatic heterocycles. The molecule has 0 aliphatic carbocycles. The van der Waals surface area contributed by atoms with Crippen LogP contribution in [0, 0.1) is 13.8 Å². The van der Waals surface area contributed by atoms with Gasteiger partial charge in [0, 0.05) is 22.0 Å². The van der Waals surface area contributed by atoms with E-state index in [4.69, 9.17) is 11.6 Å². The van der Waals surface area contributed by atoms with E-state index in [0.29, 0.717) is 32.7 Å². The molecule has 0 radical (unpaired) electrons. The third-order valence-electron chi connectivity index (χ3n) is 5.58. The molecule has 1 aromatic carbocycles. The second-order valence-corrected chi connectivity index (χ2v) is 9.84. The predicted molar refractivity (Wildman–Crippen MR) is 128 cm³/mol. The van der Waals surface area contributed by atoms with Gasteiger partial charge in [-0.2, -0.15) is 0 Å². The van der Waals surface area contributed by atoms with Crippen LogP contribution in [0.15, 0.2) is 29.4 Å². The van der Waals surface area contributed by atoms with E-state index in [-0.39, 0.29) is 17.6 Å². The number of hydrogen-bond donors (Lipinski definition) is 1. The number of benzene rings is 1. The van der Waals surface area contributed by atoms with Crippen LogP contribution in [-0.4, -0.2) is 55.6 Å².